The molecule has 2 rings (SSSR count). The van der Waals surface area contributed by atoms with Crippen molar-refractivity contribution in [3.8, 4) is 0 Å². The first-order valence-electron chi connectivity index (χ1n) is 6.05. The number of rotatable bonds is 2. The van der Waals surface area contributed by atoms with Gasteiger partial charge in [0.2, 0.25) is 0 Å². The summed E-state index contributed by atoms with van der Waals surface area (Å²) in [5, 5.41) is 0. The predicted molar refractivity (Wildman–Crippen MR) is 78.4 cm³/mol. The van der Waals surface area contributed by atoms with Gasteiger partial charge in [-0.2, -0.15) is 0 Å². The third-order valence-electron chi connectivity index (χ3n) is 3.02. The van der Waals surface area contributed by atoms with Gasteiger partial charge in [-0.25, -0.2) is 7.91 Å². The summed E-state index contributed by atoms with van der Waals surface area (Å²) in [6.07, 6.45) is -0.212. The van der Waals surface area contributed by atoms with Crippen LogP contribution in [-0.4, -0.2) is 39.8 Å². The smallest absolute Gasteiger partial charge is 0.410 e. The van der Waals surface area contributed by atoms with Gasteiger partial charge in [0.15, 0.2) is 0 Å². The number of amides is 1. The highest BCUT2D eigenvalue weighted by molar-refractivity contribution is 14.1. The van der Waals surface area contributed by atoms with Crippen LogP contribution in [0.25, 0.3) is 0 Å². The molecule has 1 saturated heterocycles. The number of carbonyl (C=O) groups excluding carboxylic acids is 1. The molecule has 1 aliphatic heterocycles. The van der Waals surface area contributed by atoms with Crippen molar-refractivity contribution in [2.45, 2.75) is 19.6 Å². The second-order valence-electron chi connectivity index (χ2n) is 4.45. The molecule has 4 nitrogen and oxygen atoms in total. The van der Waals surface area contributed by atoms with Crippen LogP contribution in [0.4, 0.5) is 4.79 Å². The van der Waals surface area contributed by atoms with Crippen LogP contribution in [0.3, 0.4) is 0 Å². The fraction of sp³-hybridized carbons (Fsp3) is 0.462. The number of carbonyl (C=O) groups is 1. The van der Waals surface area contributed by atoms with E-state index in [0.717, 1.165) is 25.2 Å². The lowest BCUT2D eigenvalue weighted by Crippen LogP contribution is -2.51. The Morgan fingerprint density at radius 1 is 1.39 bits per heavy atom. The van der Waals surface area contributed by atoms with E-state index in [-0.39, 0.29) is 12.1 Å². The van der Waals surface area contributed by atoms with Crippen molar-refractivity contribution in [1.82, 2.24) is 8.01 Å². The summed E-state index contributed by atoms with van der Waals surface area (Å²) in [5.74, 6) is 0. The van der Waals surface area contributed by atoms with Crippen LogP contribution in [0.1, 0.15) is 12.5 Å². The largest absolute Gasteiger partial charge is 0.445 e. The van der Waals surface area contributed by atoms with E-state index in [4.69, 9.17) is 4.74 Å². The van der Waals surface area contributed by atoms with Gasteiger partial charge in [0.1, 0.15) is 6.61 Å². The van der Waals surface area contributed by atoms with Crippen molar-refractivity contribution in [1.29, 1.82) is 0 Å². The first-order valence-corrected chi connectivity index (χ1v) is 7.01. The molecule has 0 radical (unpaired) electrons. The lowest BCUT2D eigenvalue weighted by molar-refractivity contribution is 0.0681. The minimum Gasteiger partial charge on any atom is -0.445 e. The predicted octanol–water partition coefficient (Wildman–Crippen LogP) is 2.68. The van der Waals surface area contributed by atoms with Crippen LogP contribution in [0.15, 0.2) is 30.3 Å². The summed E-state index contributed by atoms with van der Waals surface area (Å²) >= 11 is 2.29. The first kappa shape index (κ1) is 13.6. The highest BCUT2D eigenvalue weighted by atomic mass is 127. The summed E-state index contributed by atoms with van der Waals surface area (Å²) in [4.78, 5) is 13.8. The minimum absolute atomic E-state index is 0.207. The van der Waals surface area contributed by atoms with E-state index < -0.39 is 0 Å². The average molecular weight is 360 g/mol. The number of nitrogens with zero attached hydrogens (tertiary/aromatic N) is 2. The standard InChI is InChI=1S/C13H17IN2O2/c1-11-9-15(14)7-8-16(11)13(17)18-10-12-5-3-2-4-6-12/h2-6,11H,7-10H2,1H3/t11-/m0/s1. The van der Waals surface area contributed by atoms with Crippen LogP contribution in [-0.2, 0) is 11.3 Å². The Labute approximate surface area is 121 Å². The van der Waals surface area contributed by atoms with Gasteiger partial charge in [-0.1, -0.05) is 30.3 Å². The highest BCUT2D eigenvalue weighted by Gasteiger charge is 2.27. The summed E-state index contributed by atoms with van der Waals surface area (Å²) < 4.78 is 7.54. The molecule has 0 unspecified atom stereocenters. The Morgan fingerprint density at radius 2 is 2.11 bits per heavy atom. The van der Waals surface area contributed by atoms with Gasteiger partial charge in [0.05, 0.1) is 0 Å². The monoisotopic (exact) mass is 360 g/mol. The van der Waals surface area contributed by atoms with Crippen molar-refractivity contribution in [2.24, 2.45) is 0 Å². The summed E-state index contributed by atoms with van der Waals surface area (Å²) in [7, 11) is 0. The van der Waals surface area contributed by atoms with Gasteiger partial charge < -0.3 is 9.64 Å². The zero-order chi connectivity index (χ0) is 13.0. The van der Waals surface area contributed by atoms with Gasteiger partial charge in [-0.15, -0.1) is 0 Å². The van der Waals surface area contributed by atoms with Crippen LogP contribution in [0, 0.1) is 0 Å². The molecule has 0 N–H and O–H groups in total. The fourth-order valence-corrected chi connectivity index (χ4v) is 2.77. The van der Waals surface area contributed by atoms with Crippen molar-refractivity contribution in [3.05, 3.63) is 35.9 Å². The van der Waals surface area contributed by atoms with Gasteiger partial charge in [0, 0.05) is 48.5 Å². The summed E-state index contributed by atoms with van der Waals surface area (Å²) in [6.45, 7) is 4.91. The van der Waals surface area contributed by atoms with Crippen molar-refractivity contribution >= 4 is 29.0 Å². The molecule has 18 heavy (non-hydrogen) atoms. The number of halogens is 1. The van der Waals surface area contributed by atoms with Crippen LogP contribution in [0.5, 0.6) is 0 Å². The summed E-state index contributed by atoms with van der Waals surface area (Å²) in [6, 6.07) is 9.96. The maximum Gasteiger partial charge on any atom is 0.410 e. The molecule has 1 amide bonds. The fourth-order valence-electron chi connectivity index (χ4n) is 1.99. The van der Waals surface area contributed by atoms with E-state index >= 15 is 0 Å². The maximum absolute atomic E-state index is 12.0. The van der Waals surface area contributed by atoms with Crippen molar-refractivity contribution in [3.63, 3.8) is 0 Å². The molecule has 1 atom stereocenters. The third kappa shape index (κ3) is 3.58. The minimum atomic E-state index is -0.212. The Balaban J connectivity index is 1.85. The Morgan fingerprint density at radius 3 is 2.78 bits per heavy atom. The zero-order valence-electron chi connectivity index (χ0n) is 10.4. The molecular formula is C13H17IN2O2. The second kappa shape index (κ2) is 6.38. The molecule has 0 bridgehead atoms. The van der Waals surface area contributed by atoms with Crippen LogP contribution < -0.4 is 0 Å². The molecule has 1 aromatic carbocycles. The van der Waals surface area contributed by atoms with Crippen molar-refractivity contribution < 1.29 is 9.53 Å². The van der Waals surface area contributed by atoms with E-state index in [1.54, 1.807) is 4.90 Å². The Bertz CT molecular complexity index is 399. The zero-order valence-corrected chi connectivity index (χ0v) is 12.5. The quantitative estimate of drug-likeness (QED) is 0.601. The van der Waals surface area contributed by atoms with Gasteiger partial charge in [-0.05, 0) is 12.5 Å². The Kier molecular flexibility index (Phi) is 4.82. The van der Waals surface area contributed by atoms with E-state index in [1.165, 1.54) is 0 Å². The number of benzene rings is 1. The Hall–Kier alpha value is -0.820. The third-order valence-corrected chi connectivity index (χ3v) is 3.89. The van der Waals surface area contributed by atoms with E-state index in [1.807, 2.05) is 30.3 Å². The number of piperazine rings is 1. The van der Waals surface area contributed by atoms with Gasteiger partial charge in [-0.3, -0.25) is 0 Å². The summed E-state index contributed by atoms with van der Waals surface area (Å²) in [5.41, 5.74) is 1.02. The highest BCUT2D eigenvalue weighted by Crippen LogP contribution is 2.14. The molecule has 98 valence electrons. The molecule has 0 saturated carbocycles. The number of ether oxygens (including phenoxy) is 1. The molecule has 1 heterocycles. The number of hydrogen-bond donors (Lipinski definition) is 0. The van der Waals surface area contributed by atoms with E-state index in [2.05, 4.69) is 32.9 Å². The van der Waals surface area contributed by atoms with Gasteiger partial charge in [0.25, 0.3) is 0 Å². The van der Waals surface area contributed by atoms with E-state index in [9.17, 15) is 4.79 Å². The number of hydrogen-bond acceptors (Lipinski definition) is 3. The topological polar surface area (TPSA) is 32.8 Å². The van der Waals surface area contributed by atoms with Crippen molar-refractivity contribution in [2.75, 3.05) is 19.6 Å². The van der Waals surface area contributed by atoms with Crippen LogP contribution >= 0.6 is 22.9 Å². The molecule has 1 aliphatic rings. The first-order chi connectivity index (χ1) is 8.66. The molecule has 0 spiro atoms. The molecule has 0 aliphatic carbocycles. The normalized spacial score (nSPS) is 20.8. The molecule has 0 aromatic heterocycles. The molecule has 1 aromatic rings. The van der Waals surface area contributed by atoms with E-state index in [0.29, 0.717) is 6.61 Å². The molecule has 5 heteroatoms. The SMILES string of the molecule is C[C@H]1CN(I)CCN1C(=O)OCc1ccccc1. The molecule has 1 fully saturated rings. The molecular weight excluding hydrogens is 343 g/mol. The maximum atomic E-state index is 12.0. The van der Waals surface area contributed by atoms with Gasteiger partial charge >= 0.3 is 6.09 Å². The average Bonchev–Trinajstić information content (AvgIpc) is 2.37. The second-order valence-corrected chi connectivity index (χ2v) is 5.82. The lowest BCUT2D eigenvalue weighted by atomic mass is 10.2. The van der Waals surface area contributed by atoms with Crippen LogP contribution in [0.2, 0.25) is 0 Å². The lowest BCUT2D eigenvalue weighted by Gasteiger charge is -2.36.